The molecular formula is C19H18ClF3N2O3. The van der Waals surface area contributed by atoms with Crippen molar-refractivity contribution in [3.05, 3.63) is 58.1 Å². The van der Waals surface area contributed by atoms with E-state index in [0.29, 0.717) is 28.7 Å². The molecule has 28 heavy (non-hydrogen) atoms. The normalized spacial score (nSPS) is 11.5. The zero-order chi connectivity index (χ0) is 20.7. The van der Waals surface area contributed by atoms with Crippen molar-refractivity contribution in [3.8, 4) is 11.5 Å². The minimum atomic E-state index is -4.46. The first kappa shape index (κ1) is 21.6. The van der Waals surface area contributed by atoms with Crippen LogP contribution in [0, 0.1) is 0 Å². The van der Waals surface area contributed by atoms with Gasteiger partial charge in [-0.2, -0.15) is 18.3 Å². The lowest BCUT2D eigenvalue weighted by molar-refractivity contribution is -0.137. The summed E-state index contributed by atoms with van der Waals surface area (Å²) in [4.78, 5) is 11.9. The van der Waals surface area contributed by atoms with Crippen molar-refractivity contribution in [1.29, 1.82) is 0 Å². The number of nitrogens with one attached hydrogen (secondary N) is 1. The van der Waals surface area contributed by atoms with Gasteiger partial charge in [0.15, 0.2) is 11.5 Å². The SMILES string of the molecule is CCOc1c(Cl)cc(/C=N/NC(=O)Cc2cccc(C(F)(F)F)c2)cc1OC. The number of ether oxygens (including phenoxy) is 2. The van der Waals surface area contributed by atoms with Gasteiger partial charge in [-0.25, -0.2) is 5.43 Å². The van der Waals surface area contributed by atoms with Gasteiger partial charge < -0.3 is 9.47 Å². The first-order valence-corrected chi connectivity index (χ1v) is 8.60. The summed E-state index contributed by atoms with van der Waals surface area (Å²) in [6.07, 6.45) is -3.36. The molecule has 5 nitrogen and oxygen atoms in total. The Morgan fingerprint density at radius 2 is 2.04 bits per heavy atom. The fourth-order valence-corrected chi connectivity index (χ4v) is 2.63. The van der Waals surface area contributed by atoms with Crippen molar-refractivity contribution in [2.24, 2.45) is 5.10 Å². The van der Waals surface area contributed by atoms with Crippen molar-refractivity contribution in [2.75, 3.05) is 13.7 Å². The number of alkyl halides is 3. The standard InChI is InChI=1S/C19H18ClF3N2O3/c1-3-28-18-15(20)8-13(9-16(18)27-2)11-24-25-17(26)10-12-5-4-6-14(7-12)19(21,22)23/h4-9,11H,3,10H2,1-2H3,(H,25,26)/b24-11+. The number of rotatable bonds is 7. The molecule has 0 bridgehead atoms. The van der Waals surface area contributed by atoms with E-state index in [2.05, 4.69) is 10.5 Å². The maximum atomic E-state index is 12.7. The van der Waals surface area contributed by atoms with Gasteiger partial charge in [0.25, 0.3) is 0 Å². The minimum Gasteiger partial charge on any atom is -0.493 e. The average molecular weight is 415 g/mol. The molecule has 1 amide bonds. The predicted molar refractivity (Wildman–Crippen MR) is 100 cm³/mol. The fourth-order valence-electron chi connectivity index (χ4n) is 2.36. The van der Waals surface area contributed by atoms with Crippen LogP contribution in [0.2, 0.25) is 5.02 Å². The third kappa shape index (κ3) is 5.88. The first-order valence-electron chi connectivity index (χ1n) is 8.23. The molecule has 2 aromatic rings. The van der Waals surface area contributed by atoms with Crippen molar-refractivity contribution in [1.82, 2.24) is 5.43 Å². The van der Waals surface area contributed by atoms with Crippen LogP contribution < -0.4 is 14.9 Å². The molecule has 0 saturated heterocycles. The van der Waals surface area contributed by atoms with Crippen molar-refractivity contribution in [3.63, 3.8) is 0 Å². The molecule has 150 valence electrons. The second-order valence-electron chi connectivity index (χ2n) is 5.64. The van der Waals surface area contributed by atoms with Gasteiger partial charge >= 0.3 is 6.18 Å². The monoisotopic (exact) mass is 414 g/mol. The summed E-state index contributed by atoms with van der Waals surface area (Å²) < 4.78 is 48.8. The van der Waals surface area contributed by atoms with Gasteiger partial charge in [0.1, 0.15) is 0 Å². The van der Waals surface area contributed by atoms with E-state index >= 15 is 0 Å². The van der Waals surface area contributed by atoms with Crippen LogP contribution in [0.15, 0.2) is 41.5 Å². The summed E-state index contributed by atoms with van der Waals surface area (Å²) in [7, 11) is 1.46. The minimum absolute atomic E-state index is 0.230. The topological polar surface area (TPSA) is 59.9 Å². The van der Waals surface area contributed by atoms with E-state index in [1.54, 1.807) is 12.1 Å². The molecule has 0 aliphatic heterocycles. The number of halogens is 4. The lowest BCUT2D eigenvalue weighted by atomic mass is 10.1. The Labute approximate surface area is 165 Å². The molecule has 0 heterocycles. The Morgan fingerprint density at radius 3 is 2.68 bits per heavy atom. The molecule has 9 heteroatoms. The molecule has 0 unspecified atom stereocenters. The zero-order valence-corrected chi connectivity index (χ0v) is 15.9. The Hall–Kier alpha value is -2.74. The number of carbonyl (C=O) groups is 1. The number of benzene rings is 2. The average Bonchev–Trinajstić information content (AvgIpc) is 2.63. The van der Waals surface area contributed by atoms with Gasteiger partial charge in [-0.05, 0) is 36.2 Å². The number of carbonyl (C=O) groups excluding carboxylic acids is 1. The molecule has 0 aromatic heterocycles. The summed E-state index contributed by atoms with van der Waals surface area (Å²) in [5.41, 5.74) is 2.24. The molecule has 2 aromatic carbocycles. The molecule has 2 rings (SSSR count). The van der Waals surface area contributed by atoms with Crippen LogP contribution in [0.25, 0.3) is 0 Å². The lowest BCUT2D eigenvalue weighted by Crippen LogP contribution is -2.20. The van der Waals surface area contributed by atoms with Crippen LogP contribution in [-0.2, 0) is 17.4 Å². The van der Waals surface area contributed by atoms with Crippen molar-refractivity contribution < 1.29 is 27.4 Å². The summed E-state index contributed by atoms with van der Waals surface area (Å²) >= 11 is 6.15. The quantitative estimate of drug-likeness (QED) is 0.537. The number of nitrogens with zero attached hydrogens (tertiary/aromatic N) is 1. The number of amides is 1. The largest absolute Gasteiger partial charge is 0.493 e. The first-order chi connectivity index (χ1) is 13.2. The van der Waals surface area contributed by atoms with Gasteiger partial charge in [-0.3, -0.25) is 4.79 Å². The highest BCUT2D eigenvalue weighted by atomic mass is 35.5. The smallest absolute Gasteiger partial charge is 0.416 e. The second kappa shape index (κ2) is 9.45. The van der Waals surface area contributed by atoms with Crippen LogP contribution in [0.5, 0.6) is 11.5 Å². The third-order valence-electron chi connectivity index (χ3n) is 3.56. The maximum Gasteiger partial charge on any atom is 0.416 e. The Balaban J connectivity index is 2.03. The summed E-state index contributed by atoms with van der Waals surface area (Å²) in [5, 5.41) is 4.12. The van der Waals surface area contributed by atoms with E-state index < -0.39 is 17.6 Å². The van der Waals surface area contributed by atoms with E-state index in [1.807, 2.05) is 6.92 Å². The molecule has 0 radical (unpaired) electrons. The van der Waals surface area contributed by atoms with E-state index in [4.69, 9.17) is 21.1 Å². The van der Waals surface area contributed by atoms with Crippen LogP contribution >= 0.6 is 11.6 Å². The van der Waals surface area contributed by atoms with Crippen LogP contribution in [-0.4, -0.2) is 25.8 Å². The molecule has 0 atom stereocenters. The molecule has 0 aliphatic rings. The molecule has 0 saturated carbocycles. The van der Waals surface area contributed by atoms with E-state index in [1.165, 1.54) is 25.5 Å². The van der Waals surface area contributed by atoms with Gasteiger partial charge in [0.05, 0.1) is 36.9 Å². The number of hydrogen-bond donors (Lipinski definition) is 1. The molecular weight excluding hydrogens is 397 g/mol. The number of methoxy groups -OCH3 is 1. The number of hydrazone groups is 1. The molecule has 0 spiro atoms. The van der Waals surface area contributed by atoms with Crippen molar-refractivity contribution >= 4 is 23.7 Å². The molecule has 1 N–H and O–H groups in total. The van der Waals surface area contributed by atoms with Gasteiger partial charge in [-0.1, -0.05) is 29.8 Å². The molecule has 0 aliphatic carbocycles. The molecule has 0 fully saturated rings. The Kier molecular flexibility index (Phi) is 7.28. The van der Waals surface area contributed by atoms with Gasteiger partial charge in [-0.15, -0.1) is 0 Å². The fraction of sp³-hybridized carbons (Fsp3) is 0.263. The van der Waals surface area contributed by atoms with E-state index in [0.717, 1.165) is 12.1 Å². The number of hydrogen-bond acceptors (Lipinski definition) is 4. The van der Waals surface area contributed by atoms with Crippen molar-refractivity contribution in [2.45, 2.75) is 19.5 Å². The summed E-state index contributed by atoms with van der Waals surface area (Å²) in [6.45, 7) is 2.22. The zero-order valence-electron chi connectivity index (χ0n) is 15.1. The van der Waals surface area contributed by atoms with E-state index in [9.17, 15) is 18.0 Å². The van der Waals surface area contributed by atoms with Crippen LogP contribution in [0.4, 0.5) is 13.2 Å². The van der Waals surface area contributed by atoms with Gasteiger partial charge in [0.2, 0.25) is 5.91 Å². The highest BCUT2D eigenvalue weighted by molar-refractivity contribution is 6.32. The maximum absolute atomic E-state index is 12.7. The summed E-state index contributed by atoms with van der Waals surface area (Å²) in [5.74, 6) is 0.253. The van der Waals surface area contributed by atoms with E-state index in [-0.39, 0.29) is 12.0 Å². The Bertz CT molecular complexity index is 870. The highest BCUT2D eigenvalue weighted by Crippen LogP contribution is 2.36. The second-order valence-corrected chi connectivity index (χ2v) is 6.04. The van der Waals surface area contributed by atoms with Crippen LogP contribution in [0.1, 0.15) is 23.6 Å². The third-order valence-corrected chi connectivity index (χ3v) is 3.84. The Morgan fingerprint density at radius 1 is 1.29 bits per heavy atom. The van der Waals surface area contributed by atoms with Crippen LogP contribution in [0.3, 0.4) is 0 Å². The van der Waals surface area contributed by atoms with Gasteiger partial charge in [0, 0.05) is 0 Å². The predicted octanol–water partition coefficient (Wildman–Crippen LogP) is 4.46. The lowest BCUT2D eigenvalue weighted by Gasteiger charge is -2.11. The summed E-state index contributed by atoms with van der Waals surface area (Å²) in [6, 6.07) is 7.78. The highest BCUT2D eigenvalue weighted by Gasteiger charge is 2.30.